The molecule has 6 heteroatoms. The summed E-state index contributed by atoms with van der Waals surface area (Å²) in [5, 5.41) is 0. The lowest BCUT2D eigenvalue weighted by molar-refractivity contribution is 0.00578. The molecular weight excluding hydrogens is 387 g/mol. The number of hydrogen-bond acceptors (Lipinski definition) is 4. The molecule has 0 radical (unpaired) electrons. The molecule has 154 valence electrons. The zero-order valence-electron chi connectivity index (χ0n) is 18.0. The molecule has 0 unspecified atom stereocenters. The van der Waals surface area contributed by atoms with Crippen molar-refractivity contribution in [3.63, 3.8) is 0 Å². The summed E-state index contributed by atoms with van der Waals surface area (Å²) in [5.74, 6) is 0.594. The summed E-state index contributed by atoms with van der Waals surface area (Å²) >= 11 is 0. The predicted octanol–water partition coefficient (Wildman–Crippen LogP) is 5.20. The molecule has 0 spiro atoms. The van der Waals surface area contributed by atoms with Crippen LogP contribution in [0.5, 0.6) is 0 Å². The predicted molar refractivity (Wildman–Crippen MR) is 124 cm³/mol. The van der Waals surface area contributed by atoms with E-state index < -0.39 is 18.3 Å². The number of rotatable bonds is 2. The van der Waals surface area contributed by atoms with Crippen LogP contribution in [-0.4, -0.2) is 27.7 Å². The second kappa shape index (κ2) is 6.22. The van der Waals surface area contributed by atoms with Crippen molar-refractivity contribution in [2.45, 2.75) is 38.9 Å². The SMILES string of the molecule is CC1(C)OB(c2ccccc2-c2cccc3c2nc2oc4ccccc4n23)OC1(C)C. The van der Waals surface area contributed by atoms with Crippen molar-refractivity contribution in [2.75, 3.05) is 0 Å². The van der Waals surface area contributed by atoms with Gasteiger partial charge >= 0.3 is 13.0 Å². The monoisotopic (exact) mass is 410 g/mol. The Balaban J connectivity index is 1.56. The Labute approximate surface area is 180 Å². The fraction of sp³-hybridized carbons (Fsp3) is 0.240. The van der Waals surface area contributed by atoms with Gasteiger partial charge in [-0.2, -0.15) is 4.98 Å². The summed E-state index contributed by atoms with van der Waals surface area (Å²) in [5.41, 5.74) is 6.04. The minimum absolute atomic E-state index is 0.399. The number of imidazole rings is 1. The molecule has 3 aromatic carbocycles. The molecule has 6 rings (SSSR count). The summed E-state index contributed by atoms with van der Waals surface area (Å²) in [6, 6.07) is 22.5. The van der Waals surface area contributed by atoms with Crippen molar-refractivity contribution in [2.24, 2.45) is 0 Å². The molecule has 1 aliphatic heterocycles. The third-order valence-electron chi connectivity index (χ3n) is 6.72. The van der Waals surface area contributed by atoms with Gasteiger partial charge in [0.2, 0.25) is 0 Å². The first-order chi connectivity index (χ1) is 14.9. The van der Waals surface area contributed by atoms with Gasteiger partial charge in [0.15, 0.2) is 5.58 Å². The average Bonchev–Trinajstić information content (AvgIpc) is 3.35. The Hall–Kier alpha value is -3.09. The van der Waals surface area contributed by atoms with Gasteiger partial charge in [0.05, 0.1) is 22.2 Å². The molecular formula is C25H23BN2O3. The molecule has 5 nitrogen and oxygen atoms in total. The Morgan fingerprint density at radius 1 is 0.742 bits per heavy atom. The lowest BCUT2D eigenvalue weighted by Crippen LogP contribution is -2.41. The maximum Gasteiger partial charge on any atom is 0.495 e. The van der Waals surface area contributed by atoms with E-state index in [0.29, 0.717) is 5.84 Å². The summed E-state index contributed by atoms with van der Waals surface area (Å²) in [7, 11) is -0.442. The highest BCUT2D eigenvalue weighted by Crippen LogP contribution is 2.38. The molecule has 0 amide bonds. The normalized spacial score (nSPS) is 17.9. The van der Waals surface area contributed by atoms with Gasteiger partial charge in [0, 0.05) is 5.56 Å². The summed E-state index contributed by atoms with van der Waals surface area (Å²) in [4.78, 5) is 4.87. The molecule has 1 saturated heterocycles. The molecule has 1 aliphatic rings. The van der Waals surface area contributed by atoms with Crippen LogP contribution in [0.1, 0.15) is 27.7 Å². The molecule has 5 aromatic rings. The molecule has 0 bridgehead atoms. The lowest BCUT2D eigenvalue weighted by Gasteiger charge is -2.32. The number of hydrogen-bond donors (Lipinski definition) is 0. The van der Waals surface area contributed by atoms with Gasteiger partial charge in [-0.25, -0.2) is 0 Å². The highest BCUT2D eigenvalue weighted by Gasteiger charge is 2.52. The number of oxazole rings is 1. The van der Waals surface area contributed by atoms with Gasteiger partial charge in [-0.05, 0) is 56.9 Å². The number of benzene rings is 3. The van der Waals surface area contributed by atoms with Crippen molar-refractivity contribution in [1.82, 2.24) is 9.38 Å². The zero-order chi connectivity index (χ0) is 21.4. The second-order valence-corrected chi connectivity index (χ2v) is 9.15. The third-order valence-corrected chi connectivity index (χ3v) is 6.72. The number of fused-ring (bicyclic) bond motifs is 5. The standard InChI is InChI=1S/C25H23BN2O3/c1-24(2)25(3,4)31-26(30-24)18-12-6-5-10-16(18)17-11-9-14-20-22(17)27-23-28(20)19-13-7-8-15-21(19)29-23/h5-15H,1-4H3. The smallest absolute Gasteiger partial charge is 0.423 e. The summed E-state index contributed by atoms with van der Waals surface area (Å²) in [6.45, 7) is 8.30. The molecule has 0 atom stereocenters. The first kappa shape index (κ1) is 18.7. The van der Waals surface area contributed by atoms with Crippen LogP contribution < -0.4 is 5.46 Å². The van der Waals surface area contributed by atoms with E-state index in [4.69, 9.17) is 18.7 Å². The van der Waals surface area contributed by atoms with E-state index in [0.717, 1.165) is 38.7 Å². The Bertz CT molecular complexity index is 1450. The fourth-order valence-corrected chi connectivity index (χ4v) is 4.34. The van der Waals surface area contributed by atoms with Crippen molar-refractivity contribution in [3.8, 4) is 11.1 Å². The third kappa shape index (κ3) is 2.62. The van der Waals surface area contributed by atoms with Crippen LogP contribution in [0.25, 0.3) is 39.1 Å². The molecule has 31 heavy (non-hydrogen) atoms. The van der Waals surface area contributed by atoms with Crippen molar-refractivity contribution >= 4 is 40.6 Å². The van der Waals surface area contributed by atoms with E-state index in [1.807, 2.05) is 30.3 Å². The number of para-hydroxylation sites is 3. The van der Waals surface area contributed by atoms with E-state index in [9.17, 15) is 0 Å². The van der Waals surface area contributed by atoms with Crippen LogP contribution in [0, 0.1) is 0 Å². The van der Waals surface area contributed by atoms with Crippen molar-refractivity contribution in [3.05, 3.63) is 66.7 Å². The maximum atomic E-state index is 6.36. The van der Waals surface area contributed by atoms with Crippen LogP contribution in [0.15, 0.2) is 71.1 Å². The minimum atomic E-state index is -0.442. The lowest BCUT2D eigenvalue weighted by atomic mass is 9.74. The quantitative estimate of drug-likeness (QED) is 0.376. The molecule has 2 aromatic heterocycles. The van der Waals surface area contributed by atoms with Crippen LogP contribution in [0.4, 0.5) is 0 Å². The van der Waals surface area contributed by atoms with Gasteiger partial charge in [-0.15, -0.1) is 0 Å². The van der Waals surface area contributed by atoms with Gasteiger partial charge < -0.3 is 13.7 Å². The van der Waals surface area contributed by atoms with E-state index in [1.165, 1.54) is 0 Å². The van der Waals surface area contributed by atoms with E-state index >= 15 is 0 Å². The van der Waals surface area contributed by atoms with Gasteiger partial charge in [-0.1, -0.05) is 48.5 Å². The Morgan fingerprint density at radius 3 is 2.19 bits per heavy atom. The number of nitrogens with zero attached hydrogens (tertiary/aromatic N) is 2. The summed E-state index contributed by atoms with van der Waals surface area (Å²) in [6.07, 6.45) is 0. The van der Waals surface area contributed by atoms with Crippen LogP contribution in [0.2, 0.25) is 0 Å². The van der Waals surface area contributed by atoms with Gasteiger partial charge in [0.25, 0.3) is 0 Å². The van der Waals surface area contributed by atoms with Gasteiger partial charge in [-0.3, -0.25) is 4.40 Å². The molecule has 3 heterocycles. The molecule has 1 fully saturated rings. The first-order valence-electron chi connectivity index (χ1n) is 10.6. The average molecular weight is 410 g/mol. The Kier molecular flexibility index (Phi) is 3.74. The zero-order valence-corrected chi connectivity index (χ0v) is 18.0. The second-order valence-electron chi connectivity index (χ2n) is 9.15. The van der Waals surface area contributed by atoms with Crippen LogP contribution in [-0.2, 0) is 9.31 Å². The van der Waals surface area contributed by atoms with E-state index in [-0.39, 0.29) is 0 Å². The van der Waals surface area contributed by atoms with Gasteiger partial charge in [0.1, 0.15) is 5.52 Å². The largest absolute Gasteiger partial charge is 0.495 e. The molecule has 0 N–H and O–H groups in total. The molecule has 0 saturated carbocycles. The van der Waals surface area contributed by atoms with Crippen molar-refractivity contribution in [1.29, 1.82) is 0 Å². The maximum absolute atomic E-state index is 6.36. The first-order valence-corrected chi connectivity index (χ1v) is 10.6. The highest BCUT2D eigenvalue weighted by molar-refractivity contribution is 6.64. The van der Waals surface area contributed by atoms with Crippen LogP contribution in [0.3, 0.4) is 0 Å². The molecule has 0 aliphatic carbocycles. The minimum Gasteiger partial charge on any atom is -0.423 e. The Morgan fingerprint density at radius 2 is 1.39 bits per heavy atom. The summed E-state index contributed by atoms with van der Waals surface area (Å²) < 4.78 is 20.8. The number of aromatic nitrogens is 2. The van der Waals surface area contributed by atoms with Crippen molar-refractivity contribution < 1.29 is 13.7 Å². The van der Waals surface area contributed by atoms with E-state index in [2.05, 4.69) is 68.5 Å². The fourth-order valence-electron chi connectivity index (χ4n) is 4.34. The van der Waals surface area contributed by atoms with E-state index in [1.54, 1.807) is 0 Å². The topological polar surface area (TPSA) is 48.9 Å². The van der Waals surface area contributed by atoms with Crippen LogP contribution >= 0.6 is 0 Å². The highest BCUT2D eigenvalue weighted by atomic mass is 16.7.